The van der Waals surface area contributed by atoms with Crippen LogP contribution in [0.4, 0.5) is 0 Å². The predicted octanol–water partition coefficient (Wildman–Crippen LogP) is 3.97. The van der Waals surface area contributed by atoms with Gasteiger partial charge >= 0.3 is 0 Å². The van der Waals surface area contributed by atoms with Gasteiger partial charge in [-0.15, -0.1) is 0 Å². The van der Waals surface area contributed by atoms with Crippen LogP contribution in [0.2, 0.25) is 5.02 Å². The number of rotatable bonds is 6. The molecule has 1 aliphatic heterocycles. The number of carbonyl (C=O) groups excluding carboxylic acids is 2. The third-order valence-electron chi connectivity index (χ3n) is 6.03. The van der Waals surface area contributed by atoms with Crippen molar-refractivity contribution in [1.29, 1.82) is 0 Å². The van der Waals surface area contributed by atoms with E-state index in [0.717, 1.165) is 42.6 Å². The quantitative estimate of drug-likeness (QED) is 0.763. The maximum atomic E-state index is 13.3. The maximum absolute atomic E-state index is 13.3. The second-order valence-electron chi connectivity index (χ2n) is 8.61. The van der Waals surface area contributed by atoms with E-state index in [1.54, 1.807) is 0 Å². The standard InChI is InChI=1S/C24H25ClN2O3/c25-19-5-10-22-17(12-19)11-18(14-30-22)24(29)27(21-8-9-21)13-15-1-3-16(4-2-15)23(28)26-20-6-7-20/h1-5,10,12,18,20-21H,6-9,11,13-14H2,(H,26,28). The minimum atomic E-state index is -0.194. The lowest BCUT2D eigenvalue weighted by Crippen LogP contribution is -2.41. The van der Waals surface area contributed by atoms with Gasteiger partial charge in [0.15, 0.2) is 0 Å². The topological polar surface area (TPSA) is 58.6 Å². The average Bonchev–Trinajstić information content (AvgIpc) is 3.66. The molecule has 3 aliphatic rings. The molecular weight excluding hydrogens is 400 g/mol. The molecule has 1 heterocycles. The fourth-order valence-corrected chi connectivity index (χ4v) is 4.18. The third kappa shape index (κ3) is 4.31. The zero-order valence-corrected chi connectivity index (χ0v) is 17.5. The summed E-state index contributed by atoms with van der Waals surface area (Å²) >= 11 is 6.12. The van der Waals surface area contributed by atoms with Crippen LogP contribution < -0.4 is 10.1 Å². The molecule has 0 spiro atoms. The molecule has 0 radical (unpaired) electrons. The van der Waals surface area contributed by atoms with Crippen molar-refractivity contribution in [3.8, 4) is 5.75 Å². The Kier molecular flexibility index (Phi) is 5.15. The summed E-state index contributed by atoms with van der Waals surface area (Å²) in [6, 6.07) is 13.8. The number of hydrogen-bond acceptors (Lipinski definition) is 3. The molecular formula is C24H25ClN2O3. The number of nitrogens with one attached hydrogen (secondary N) is 1. The largest absolute Gasteiger partial charge is 0.492 e. The van der Waals surface area contributed by atoms with Gasteiger partial charge in [0.1, 0.15) is 12.4 Å². The molecule has 5 nitrogen and oxygen atoms in total. The van der Waals surface area contributed by atoms with Gasteiger partial charge < -0.3 is 15.0 Å². The van der Waals surface area contributed by atoms with Crippen LogP contribution in [0.3, 0.4) is 0 Å². The molecule has 2 aliphatic carbocycles. The first kappa shape index (κ1) is 19.4. The Morgan fingerprint density at radius 3 is 2.53 bits per heavy atom. The molecule has 2 aromatic rings. The van der Waals surface area contributed by atoms with Crippen LogP contribution in [-0.2, 0) is 17.8 Å². The van der Waals surface area contributed by atoms with E-state index in [0.29, 0.717) is 42.2 Å². The fraction of sp³-hybridized carbons (Fsp3) is 0.417. The van der Waals surface area contributed by atoms with Crippen molar-refractivity contribution in [3.63, 3.8) is 0 Å². The smallest absolute Gasteiger partial charge is 0.251 e. The highest BCUT2D eigenvalue weighted by Crippen LogP contribution is 2.34. The molecule has 2 aromatic carbocycles. The molecule has 1 unspecified atom stereocenters. The van der Waals surface area contributed by atoms with Gasteiger partial charge in [0.25, 0.3) is 5.91 Å². The Hall–Kier alpha value is -2.53. The van der Waals surface area contributed by atoms with Crippen LogP contribution in [0.1, 0.15) is 47.2 Å². The van der Waals surface area contributed by atoms with Crippen LogP contribution >= 0.6 is 11.6 Å². The van der Waals surface area contributed by atoms with Crippen molar-refractivity contribution in [1.82, 2.24) is 10.2 Å². The Bertz CT molecular complexity index is 967. The first-order valence-corrected chi connectivity index (χ1v) is 11.1. The van der Waals surface area contributed by atoms with Gasteiger partial charge in [-0.05, 0) is 73.6 Å². The summed E-state index contributed by atoms with van der Waals surface area (Å²) in [6.07, 6.45) is 4.89. The fourth-order valence-electron chi connectivity index (χ4n) is 3.98. The number of amides is 2. The van der Waals surface area contributed by atoms with Gasteiger partial charge in [0, 0.05) is 29.2 Å². The highest BCUT2D eigenvalue weighted by atomic mass is 35.5. The van der Waals surface area contributed by atoms with Crippen molar-refractivity contribution in [3.05, 3.63) is 64.2 Å². The molecule has 1 N–H and O–H groups in total. The number of hydrogen-bond donors (Lipinski definition) is 1. The van der Waals surface area contributed by atoms with Crippen LogP contribution in [0.25, 0.3) is 0 Å². The molecule has 2 amide bonds. The van der Waals surface area contributed by atoms with E-state index in [1.807, 2.05) is 47.4 Å². The summed E-state index contributed by atoms with van der Waals surface area (Å²) < 4.78 is 5.84. The molecule has 5 rings (SSSR count). The molecule has 156 valence electrons. The van der Waals surface area contributed by atoms with E-state index in [2.05, 4.69) is 5.32 Å². The normalized spacial score (nSPS) is 20.1. The Morgan fingerprint density at radius 1 is 1.07 bits per heavy atom. The molecule has 2 fully saturated rings. The van der Waals surface area contributed by atoms with E-state index >= 15 is 0 Å². The second kappa shape index (κ2) is 7.95. The maximum Gasteiger partial charge on any atom is 0.251 e. The van der Waals surface area contributed by atoms with Gasteiger partial charge in [-0.2, -0.15) is 0 Å². The van der Waals surface area contributed by atoms with Gasteiger partial charge in [0.05, 0.1) is 5.92 Å². The predicted molar refractivity (Wildman–Crippen MR) is 115 cm³/mol. The second-order valence-corrected chi connectivity index (χ2v) is 9.04. The van der Waals surface area contributed by atoms with Crippen LogP contribution in [0, 0.1) is 5.92 Å². The van der Waals surface area contributed by atoms with Gasteiger partial charge in [0.2, 0.25) is 5.91 Å². The number of benzene rings is 2. The number of halogens is 1. The number of ether oxygens (including phenoxy) is 1. The number of fused-ring (bicyclic) bond motifs is 1. The zero-order valence-electron chi connectivity index (χ0n) is 16.8. The van der Waals surface area contributed by atoms with Crippen LogP contribution in [0.5, 0.6) is 5.75 Å². The summed E-state index contributed by atoms with van der Waals surface area (Å²) in [5.74, 6) is 0.746. The van der Waals surface area contributed by atoms with Crippen molar-refractivity contribution >= 4 is 23.4 Å². The van der Waals surface area contributed by atoms with Crippen molar-refractivity contribution in [2.24, 2.45) is 5.92 Å². The van der Waals surface area contributed by atoms with E-state index < -0.39 is 0 Å². The van der Waals surface area contributed by atoms with Crippen molar-refractivity contribution < 1.29 is 14.3 Å². The van der Waals surface area contributed by atoms with E-state index in [4.69, 9.17) is 16.3 Å². The lowest BCUT2D eigenvalue weighted by atomic mass is 9.95. The molecule has 0 bridgehead atoms. The molecule has 0 saturated heterocycles. The monoisotopic (exact) mass is 424 g/mol. The molecule has 2 saturated carbocycles. The lowest BCUT2D eigenvalue weighted by Gasteiger charge is -2.31. The lowest BCUT2D eigenvalue weighted by molar-refractivity contribution is -0.138. The highest BCUT2D eigenvalue weighted by molar-refractivity contribution is 6.30. The minimum absolute atomic E-state index is 0.0177. The summed E-state index contributed by atoms with van der Waals surface area (Å²) in [4.78, 5) is 27.5. The van der Waals surface area contributed by atoms with E-state index in [-0.39, 0.29) is 17.7 Å². The van der Waals surface area contributed by atoms with Crippen LogP contribution in [-0.4, -0.2) is 35.4 Å². The Morgan fingerprint density at radius 2 is 1.83 bits per heavy atom. The first-order chi connectivity index (χ1) is 14.6. The first-order valence-electron chi connectivity index (χ1n) is 10.7. The van der Waals surface area contributed by atoms with Crippen LogP contribution in [0.15, 0.2) is 42.5 Å². The molecule has 0 aromatic heterocycles. The number of nitrogens with zero attached hydrogens (tertiary/aromatic N) is 1. The third-order valence-corrected chi connectivity index (χ3v) is 6.27. The van der Waals surface area contributed by atoms with Gasteiger partial charge in [-0.3, -0.25) is 9.59 Å². The summed E-state index contributed by atoms with van der Waals surface area (Å²) in [6.45, 7) is 0.962. The minimum Gasteiger partial charge on any atom is -0.492 e. The molecule has 1 atom stereocenters. The Labute approximate surface area is 181 Å². The zero-order chi connectivity index (χ0) is 20.7. The summed E-state index contributed by atoms with van der Waals surface area (Å²) in [5, 5.41) is 3.67. The summed E-state index contributed by atoms with van der Waals surface area (Å²) in [5.41, 5.74) is 2.70. The average molecular weight is 425 g/mol. The SMILES string of the molecule is O=C(NC1CC1)c1ccc(CN(C(=O)C2COc3ccc(Cl)cc3C2)C2CC2)cc1. The number of carbonyl (C=O) groups is 2. The van der Waals surface area contributed by atoms with Gasteiger partial charge in [-0.25, -0.2) is 0 Å². The van der Waals surface area contributed by atoms with Gasteiger partial charge in [-0.1, -0.05) is 23.7 Å². The van der Waals surface area contributed by atoms with E-state index in [1.165, 1.54) is 0 Å². The van der Waals surface area contributed by atoms with E-state index in [9.17, 15) is 9.59 Å². The molecule has 6 heteroatoms. The van der Waals surface area contributed by atoms with Crippen molar-refractivity contribution in [2.45, 2.75) is 50.7 Å². The molecule has 30 heavy (non-hydrogen) atoms. The van der Waals surface area contributed by atoms with Crippen molar-refractivity contribution in [2.75, 3.05) is 6.61 Å². The highest BCUT2D eigenvalue weighted by Gasteiger charge is 2.37. The Balaban J connectivity index is 1.26. The summed E-state index contributed by atoms with van der Waals surface area (Å²) in [7, 11) is 0.